The van der Waals surface area contributed by atoms with Crippen molar-refractivity contribution in [2.45, 2.75) is 38.5 Å². The molecule has 1 atom stereocenters. The number of thioether (sulfide) groups is 1. The Morgan fingerprint density at radius 3 is 3.00 bits per heavy atom. The molecule has 106 valence electrons. The van der Waals surface area contributed by atoms with Crippen LogP contribution in [0.2, 0.25) is 0 Å². The molecular weight excluding hydrogens is 264 g/mol. The number of carbonyl (C=O) groups is 1. The number of hydrogen-bond donors (Lipinski definition) is 1. The molecule has 5 nitrogen and oxygen atoms in total. The summed E-state index contributed by atoms with van der Waals surface area (Å²) in [6.45, 7) is 5.04. The highest BCUT2D eigenvalue weighted by molar-refractivity contribution is 7.99. The first-order valence-electron chi connectivity index (χ1n) is 6.53. The van der Waals surface area contributed by atoms with Crippen LogP contribution in [0.25, 0.3) is 0 Å². The van der Waals surface area contributed by atoms with Crippen molar-refractivity contribution in [2.24, 2.45) is 0 Å². The molecule has 0 bridgehead atoms. The molecule has 0 aromatic carbocycles. The molecule has 1 aromatic heterocycles. The lowest BCUT2D eigenvalue weighted by Gasteiger charge is -2.30. The Morgan fingerprint density at radius 2 is 2.37 bits per heavy atom. The highest BCUT2D eigenvalue weighted by Crippen LogP contribution is 2.20. The van der Waals surface area contributed by atoms with E-state index in [-0.39, 0.29) is 12.0 Å². The number of aliphatic hydroxyl groups excluding tert-OH is 1. The maximum Gasteiger partial charge on any atom is 0.232 e. The van der Waals surface area contributed by atoms with Gasteiger partial charge in [-0.15, -0.1) is 11.8 Å². The number of carbonyl (C=O) groups excluding carboxylic acids is 1. The van der Waals surface area contributed by atoms with E-state index in [9.17, 15) is 9.90 Å². The van der Waals surface area contributed by atoms with Crippen LogP contribution in [-0.4, -0.2) is 46.0 Å². The molecule has 1 fully saturated rings. The molecule has 0 spiro atoms. The summed E-state index contributed by atoms with van der Waals surface area (Å²) in [4.78, 5) is 13.8. The number of aromatic nitrogens is 1. The van der Waals surface area contributed by atoms with Crippen molar-refractivity contribution in [1.82, 2.24) is 10.1 Å². The van der Waals surface area contributed by atoms with E-state index in [2.05, 4.69) is 5.16 Å². The lowest BCUT2D eigenvalue weighted by molar-refractivity contribution is -0.131. The summed E-state index contributed by atoms with van der Waals surface area (Å²) < 4.78 is 5.09. The van der Waals surface area contributed by atoms with Crippen LogP contribution < -0.4 is 0 Å². The van der Waals surface area contributed by atoms with Crippen molar-refractivity contribution >= 4 is 17.7 Å². The van der Waals surface area contributed by atoms with Gasteiger partial charge in [0, 0.05) is 24.4 Å². The van der Waals surface area contributed by atoms with E-state index in [0.717, 1.165) is 42.2 Å². The minimum absolute atomic E-state index is 0.107. The summed E-state index contributed by atoms with van der Waals surface area (Å²) in [6, 6.07) is 0. The number of rotatable bonds is 4. The Morgan fingerprint density at radius 1 is 1.58 bits per heavy atom. The topological polar surface area (TPSA) is 66.6 Å². The van der Waals surface area contributed by atoms with Crippen LogP contribution in [0.3, 0.4) is 0 Å². The average Bonchev–Trinajstić information content (AvgIpc) is 2.70. The number of hydrogen-bond acceptors (Lipinski definition) is 5. The second-order valence-corrected chi connectivity index (χ2v) is 5.92. The zero-order chi connectivity index (χ0) is 13.8. The molecule has 1 aliphatic heterocycles. The van der Waals surface area contributed by atoms with Gasteiger partial charge in [-0.3, -0.25) is 4.79 Å². The van der Waals surface area contributed by atoms with Crippen molar-refractivity contribution in [1.29, 1.82) is 0 Å². The van der Waals surface area contributed by atoms with Gasteiger partial charge >= 0.3 is 0 Å². The van der Waals surface area contributed by atoms with E-state index in [1.807, 2.05) is 13.8 Å². The minimum Gasteiger partial charge on any atom is -0.391 e. The van der Waals surface area contributed by atoms with Crippen molar-refractivity contribution in [3.05, 3.63) is 17.0 Å². The Bertz CT molecular complexity index is 428. The van der Waals surface area contributed by atoms with Gasteiger partial charge in [-0.1, -0.05) is 5.16 Å². The Kier molecular flexibility index (Phi) is 4.87. The van der Waals surface area contributed by atoms with Gasteiger partial charge in [-0.25, -0.2) is 0 Å². The number of piperidine rings is 1. The van der Waals surface area contributed by atoms with E-state index in [1.54, 1.807) is 16.7 Å². The molecule has 19 heavy (non-hydrogen) atoms. The Hall–Kier alpha value is -1.01. The van der Waals surface area contributed by atoms with Crippen LogP contribution in [0.1, 0.15) is 29.9 Å². The molecule has 1 aliphatic rings. The number of nitrogens with zero attached hydrogens (tertiary/aromatic N) is 2. The zero-order valence-electron chi connectivity index (χ0n) is 11.4. The second-order valence-electron chi connectivity index (χ2n) is 4.93. The molecule has 0 radical (unpaired) electrons. The predicted octanol–water partition coefficient (Wildman–Crippen LogP) is 1.51. The maximum atomic E-state index is 12.0. The van der Waals surface area contributed by atoms with Gasteiger partial charge in [0.2, 0.25) is 5.91 Å². The average molecular weight is 284 g/mol. The summed E-state index contributed by atoms with van der Waals surface area (Å²) in [5.41, 5.74) is 1.97. The van der Waals surface area contributed by atoms with Crippen molar-refractivity contribution < 1.29 is 14.4 Å². The number of amides is 1. The highest BCUT2D eigenvalue weighted by atomic mass is 32.2. The number of aliphatic hydroxyl groups is 1. The largest absolute Gasteiger partial charge is 0.391 e. The van der Waals surface area contributed by atoms with Crippen LogP contribution >= 0.6 is 11.8 Å². The van der Waals surface area contributed by atoms with E-state index >= 15 is 0 Å². The third-order valence-electron chi connectivity index (χ3n) is 3.40. The number of aryl methyl sites for hydroxylation is 2. The number of likely N-dealkylation sites (tertiary alicyclic amines) is 1. The van der Waals surface area contributed by atoms with Crippen LogP contribution in [-0.2, 0) is 10.5 Å². The van der Waals surface area contributed by atoms with Crippen molar-refractivity contribution in [3.63, 3.8) is 0 Å². The summed E-state index contributed by atoms with van der Waals surface area (Å²) >= 11 is 1.57. The molecule has 0 aliphatic carbocycles. The van der Waals surface area contributed by atoms with E-state index in [4.69, 9.17) is 4.52 Å². The molecular formula is C13H20N2O3S. The smallest absolute Gasteiger partial charge is 0.232 e. The van der Waals surface area contributed by atoms with Gasteiger partial charge in [0.1, 0.15) is 5.76 Å². The molecule has 1 saturated heterocycles. The van der Waals surface area contributed by atoms with Crippen molar-refractivity contribution in [2.75, 3.05) is 18.8 Å². The summed E-state index contributed by atoms with van der Waals surface area (Å²) in [6.07, 6.45) is 1.34. The third kappa shape index (κ3) is 3.73. The molecule has 6 heteroatoms. The third-order valence-corrected chi connectivity index (χ3v) is 4.35. The second kappa shape index (κ2) is 6.43. The highest BCUT2D eigenvalue weighted by Gasteiger charge is 2.21. The van der Waals surface area contributed by atoms with Crippen molar-refractivity contribution in [3.8, 4) is 0 Å². The standard InChI is InChI=1S/C13H20N2O3S/c1-9-12(10(2)18-14-9)7-19-8-13(17)15-5-3-4-11(16)6-15/h11,16H,3-8H2,1-2H3/t11-/m0/s1. The molecule has 0 saturated carbocycles. The van der Waals surface area contributed by atoms with Crippen LogP contribution in [0.15, 0.2) is 4.52 Å². The summed E-state index contributed by atoms with van der Waals surface area (Å²) in [7, 11) is 0. The zero-order valence-corrected chi connectivity index (χ0v) is 12.2. The van der Waals surface area contributed by atoms with Gasteiger partial charge in [-0.2, -0.15) is 0 Å². The molecule has 2 heterocycles. The molecule has 1 amide bonds. The van der Waals surface area contributed by atoms with Gasteiger partial charge in [0.15, 0.2) is 0 Å². The minimum atomic E-state index is -0.356. The van der Waals surface area contributed by atoms with E-state index in [1.165, 1.54) is 0 Å². The van der Waals surface area contributed by atoms with E-state index in [0.29, 0.717) is 12.3 Å². The SMILES string of the molecule is Cc1noc(C)c1CSCC(=O)N1CCC[C@H](O)C1. The molecule has 2 rings (SSSR count). The first kappa shape index (κ1) is 14.4. The fraction of sp³-hybridized carbons (Fsp3) is 0.692. The lowest BCUT2D eigenvalue weighted by atomic mass is 10.1. The lowest BCUT2D eigenvalue weighted by Crippen LogP contribution is -2.43. The monoisotopic (exact) mass is 284 g/mol. The van der Waals surface area contributed by atoms with Crippen LogP contribution in [0.5, 0.6) is 0 Å². The van der Waals surface area contributed by atoms with Gasteiger partial charge < -0.3 is 14.5 Å². The fourth-order valence-corrected chi connectivity index (χ4v) is 3.30. The first-order valence-corrected chi connectivity index (χ1v) is 7.68. The first-order chi connectivity index (χ1) is 9.08. The Labute approximate surface area is 117 Å². The number of β-amino-alcohol motifs (C(OH)–C–C–N with tert-alkyl or cyclic N) is 1. The van der Waals surface area contributed by atoms with Gasteiger partial charge in [-0.05, 0) is 26.7 Å². The Balaban J connectivity index is 1.78. The van der Waals surface area contributed by atoms with Crippen LogP contribution in [0, 0.1) is 13.8 Å². The maximum absolute atomic E-state index is 12.0. The quantitative estimate of drug-likeness (QED) is 0.907. The molecule has 0 unspecified atom stereocenters. The molecule has 1 aromatic rings. The van der Waals surface area contributed by atoms with E-state index < -0.39 is 0 Å². The van der Waals surface area contributed by atoms with Crippen LogP contribution in [0.4, 0.5) is 0 Å². The normalized spacial score (nSPS) is 19.7. The summed E-state index contributed by atoms with van der Waals surface area (Å²) in [5, 5.41) is 13.5. The predicted molar refractivity (Wildman–Crippen MR) is 74.0 cm³/mol. The van der Waals surface area contributed by atoms with Gasteiger partial charge in [0.25, 0.3) is 0 Å². The fourth-order valence-electron chi connectivity index (χ4n) is 2.22. The molecule has 1 N–H and O–H groups in total. The summed E-state index contributed by atoms with van der Waals surface area (Å²) in [5.74, 6) is 2.11. The van der Waals surface area contributed by atoms with Gasteiger partial charge in [0.05, 0.1) is 17.6 Å².